The van der Waals surface area contributed by atoms with Crippen molar-refractivity contribution >= 4 is 11.9 Å². The molecule has 3 atom stereocenters. The number of fused-ring (bicyclic) bond motifs is 1. The molecule has 0 aliphatic carbocycles. The second kappa shape index (κ2) is 7.98. The molecule has 7 nitrogen and oxygen atoms in total. The van der Waals surface area contributed by atoms with Gasteiger partial charge in [0.05, 0.1) is 17.7 Å². The quantitative estimate of drug-likeness (QED) is 0.802. The van der Waals surface area contributed by atoms with Crippen LogP contribution in [-0.4, -0.2) is 72.8 Å². The largest absolute Gasteiger partial charge is 0.490 e. The van der Waals surface area contributed by atoms with E-state index < -0.39 is 11.7 Å². The van der Waals surface area contributed by atoms with Gasteiger partial charge in [0.15, 0.2) is 0 Å². The van der Waals surface area contributed by atoms with Crippen LogP contribution in [-0.2, 0) is 15.7 Å². The molecule has 30 heavy (non-hydrogen) atoms. The van der Waals surface area contributed by atoms with Crippen molar-refractivity contribution in [1.29, 1.82) is 0 Å². The molecule has 3 aliphatic heterocycles. The van der Waals surface area contributed by atoms with Crippen LogP contribution in [0.25, 0.3) is 0 Å². The number of urea groups is 1. The van der Waals surface area contributed by atoms with E-state index in [9.17, 15) is 22.8 Å². The molecule has 1 aromatic carbocycles. The molecule has 3 fully saturated rings. The monoisotopic (exact) mass is 427 g/mol. The average Bonchev–Trinajstić information content (AvgIpc) is 2.65. The Hall–Kier alpha value is -2.49. The summed E-state index contributed by atoms with van der Waals surface area (Å²) in [6.45, 7) is 3.97. The molecule has 1 aromatic rings. The summed E-state index contributed by atoms with van der Waals surface area (Å²) >= 11 is 0. The first-order valence-corrected chi connectivity index (χ1v) is 9.99. The number of carbonyl (C=O) groups excluding carboxylic acids is 2. The normalized spacial score (nSPS) is 25.8. The summed E-state index contributed by atoms with van der Waals surface area (Å²) in [5.74, 6) is 0.311. The number of halogens is 3. The molecule has 4 rings (SSSR count). The molecule has 164 valence electrons. The van der Waals surface area contributed by atoms with Gasteiger partial charge in [0.1, 0.15) is 18.5 Å². The Kier molecular flexibility index (Phi) is 5.52. The van der Waals surface area contributed by atoms with Crippen LogP contribution in [0.1, 0.15) is 18.9 Å². The van der Waals surface area contributed by atoms with E-state index in [0.717, 1.165) is 12.1 Å². The van der Waals surface area contributed by atoms with Crippen LogP contribution in [0, 0.1) is 5.92 Å². The molecule has 3 saturated heterocycles. The highest BCUT2D eigenvalue weighted by Crippen LogP contribution is 2.31. The van der Waals surface area contributed by atoms with E-state index in [-0.39, 0.29) is 42.7 Å². The minimum Gasteiger partial charge on any atom is -0.490 e. The topological polar surface area (TPSA) is 71.1 Å². The molecule has 10 heteroatoms. The Labute approximate surface area is 172 Å². The number of rotatable bonds is 3. The van der Waals surface area contributed by atoms with Gasteiger partial charge in [-0.05, 0) is 37.6 Å². The zero-order chi connectivity index (χ0) is 21.5. The zero-order valence-electron chi connectivity index (χ0n) is 16.5. The Balaban J connectivity index is 1.25. The number of alkyl halides is 3. The van der Waals surface area contributed by atoms with E-state index in [1.807, 2.05) is 6.92 Å². The third kappa shape index (κ3) is 4.33. The molecule has 1 N–H and O–H groups in total. The summed E-state index contributed by atoms with van der Waals surface area (Å²) in [6, 6.07) is 4.36. The maximum Gasteiger partial charge on any atom is 0.416 e. The van der Waals surface area contributed by atoms with Crippen molar-refractivity contribution in [1.82, 2.24) is 15.1 Å². The smallest absolute Gasteiger partial charge is 0.416 e. The summed E-state index contributed by atoms with van der Waals surface area (Å²) < 4.78 is 49.2. The molecular weight excluding hydrogens is 403 g/mol. The van der Waals surface area contributed by atoms with Crippen LogP contribution in [0.5, 0.6) is 5.75 Å². The molecule has 3 aliphatic rings. The third-order valence-corrected chi connectivity index (χ3v) is 5.94. The highest BCUT2D eigenvalue weighted by molar-refractivity contribution is 5.79. The number of benzene rings is 1. The Bertz CT molecular complexity index is 795. The number of nitrogens with zero attached hydrogens (tertiary/aromatic N) is 2. The van der Waals surface area contributed by atoms with Crippen molar-refractivity contribution in [3.63, 3.8) is 0 Å². The van der Waals surface area contributed by atoms with Crippen molar-refractivity contribution in [3.8, 4) is 5.75 Å². The van der Waals surface area contributed by atoms with E-state index in [0.29, 0.717) is 38.3 Å². The molecule has 0 aromatic heterocycles. The second-order valence-corrected chi connectivity index (χ2v) is 8.05. The van der Waals surface area contributed by atoms with E-state index in [1.165, 1.54) is 12.1 Å². The van der Waals surface area contributed by atoms with Crippen LogP contribution in [0.2, 0.25) is 0 Å². The first-order chi connectivity index (χ1) is 14.2. The minimum atomic E-state index is -4.37. The lowest BCUT2D eigenvalue weighted by atomic mass is 9.94. The first-order valence-electron chi connectivity index (χ1n) is 9.99. The fourth-order valence-electron chi connectivity index (χ4n) is 4.07. The van der Waals surface area contributed by atoms with Crippen LogP contribution < -0.4 is 10.1 Å². The van der Waals surface area contributed by atoms with Gasteiger partial charge in [0.25, 0.3) is 0 Å². The molecule has 1 unspecified atom stereocenters. The number of morpholine rings is 1. The maximum atomic E-state index is 12.7. The summed E-state index contributed by atoms with van der Waals surface area (Å²) in [5, 5.41) is 2.88. The van der Waals surface area contributed by atoms with Crippen molar-refractivity contribution < 1.29 is 32.2 Å². The number of hydrogen-bond donors (Lipinski definition) is 1. The SMILES string of the molecule is C[C@H](Oc1ccc(C(F)(F)F)cc1)C1CN(C(=O)N2CCC3OCC(=O)N[C@@H]3C2)C1. The molecule has 0 spiro atoms. The molecule has 3 heterocycles. The standard InChI is InChI=1S/C20H24F3N3O4/c1-12(30-15-4-2-14(3-5-15)20(21,22)23)13-8-26(9-13)19(28)25-7-6-17-16(10-25)24-18(27)11-29-17/h2-5,12-13,16-17H,6-11H2,1H3,(H,24,27)/t12-,16+,17?/m0/s1. The van der Waals surface area contributed by atoms with Crippen molar-refractivity contribution in [3.05, 3.63) is 29.8 Å². The Morgan fingerprint density at radius 2 is 1.90 bits per heavy atom. The number of likely N-dealkylation sites (tertiary alicyclic amines) is 2. The van der Waals surface area contributed by atoms with Crippen molar-refractivity contribution in [2.75, 3.05) is 32.8 Å². The van der Waals surface area contributed by atoms with Crippen LogP contribution in [0.4, 0.5) is 18.0 Å². The van der Waals surface area contributed by atoms with Gasteiger partial charge in [-0.3, -0.25) is 4.79 Å². The lowest BCUT2D eigenvalue weighted by molar-refractivity contribution is -0.140. The lowest BCUT2D eigenvalue weighted by Gasteiger charge is -2.47. The number of piperidine rings is 1. The summed E-state index contributed by atoms with van der Waals surface area (Å²) in [6.07, 6.45) is -3.97. The van der Waals surface area contributed by atoms with E-state index >= 15 is 0 Å². The third-order valence-electron chi connectivity index (χ3n) is 5.94. The van der Waals surface area contributed by atoms with Gasteiger partial charge in [-0.2, -0.15) is 13.2 Å². The number of ether oxygens (including phenoxy) is 2. The predicted molar refractivity (Wildman–Crippen MR) is 99.9 cm³/mol. The highest BCUT2D eigenvalue weighted by Gasteiger charge is 2.41. The molecule has 0 saturated carbocycles. The van der Waals surface area contributed by atoms with Crippen molar-refractivity contribution in [2.24, 2.45) is 5.92 Å². The van der Waals surface area contributed by atoms with Crippen LogP contribution in [0.3, 0.4) is 0 Å². The first kappa shape index (κ1) is 20.8. The fraction of sp³-hybridized carbons (Fsp3) is 0.600. The predicted octanol–water partition coefficient (Wildman–Crippen LogP) is 2.11. The number of carbonyl (C=O) groups is 2. The van der Waals surface area contributed by atoms with Gasteiger partial charge in [-0.15, -0.1) is 0 Å². The lowest BCUT2D eigenvalue weighted by Crippen LogP contribution is -2.64. The minimum absolute atomic E-state index is 0.0481. The molecule has 0 bridgehead atoms. The van der Waals surface area contributed by atoms with E-state index in [2.05, 4.69) is 5.32 Å². The van der Waals surface area contributed by atoms with Gasteiger partial charge in [-0.25, -0.2) is 4.79 Å². The Morgan fingerprint density at radius 1 is 1.20 bits per heavy atom. The summed E-state index contributed by atoms with van der Waals surface area (Å²) in [4.78, 5) is 27.7. The van der Waals surface area contributed by atoms with Crippen molar-refractivity contribution in [2.45, 2.75) is 37.8 Å². The maximum absolute atomic E-state index is 12.7. The molecule has 0 radical (unpaired) electrons. The zero-order valence-corrected chi connectivity index (χ0v) is 16.5. The molecule has 3 amide bonds. The van der Waals surface area contributed by atoms with Gasteiger partial charge >= 0.3 is 12.2 Å². The van der Waals surface area contributed by atoms with Crippen LogP contribution >= 0.6 is 0 Å². The van der Waals surface area contributed by atoms with E-state index in [4.69, 9.17) is 9.47 Å². The Morgan fingerprint density at radius 3 is 2.57 bits per heavy atom. The van der Waals surface area contributed by atoms with Gasteiger partial charge in [-0.1, -0.05) is 0 Å². The fourth-order valence-corrected chi connectivity index (χ4v) is 4.07. The van der Waals surface area contributed by atoms with E-state index in [1.54, 1.807) is 9.80 Å². The number of nitrogens with one attached hydrogen (secondary N) is 1. The van der Waals surface area contributed by atoms with Gasteiger partial charge in [0.2, 0.25) is 5.91 Å². The number of hydrogen-bond acceptors (Lipinski definition) is 4. The van der Waals surface area contributed by atoms with Gasteiger partial charge < -0.3 is 24.6 Å². The average molecular weight is 427 g/mol. The van der Waals surface area contributed by atoms with Gasteiger partial charge in [0, 0.05) is 32.1 Å². The summed E-state index contributed by atoms with van der Waals surface area (Å²) in [7, 11) is 0. The highest BCUT2D eigenvalue weighted by atomic mass is 19.4. The summed E-state index contributed by atoms with van der Waals surface area (Å²) in [5.41, 5.74) is -0.716. The number of amides is 3. The molecular formula is C20H24F3N3O4. The second-order valence-electron chi connectivity index (χ2n) is 8.05. The van der Waals surface area contributed by atoms with Crippen LogP contribution in [0.15, 0.2) is 24.3 Å².